The van der Waals surface area contributed by atoms with E-state index in [1.165, 1.54) is 0 Å². The highest BCUT2D eigenvalue weighted by atomic mass is 16.4. The molecule has 0 spiro atoms. The maximum Gasteiger partial charge on any atom is 0.329 e. The Morgan fingerprint density at radius 1 is 0.767 bits per heavy atom. The summed E-state index contributed by atoms with van der Waals surface area (Å²) in [6.45, 7) is 0. The van der Waals surface area contributed by atoms with Crippen LogP contribution in [0.15, 0.2) is 121 Å². The summed E-state index contributed by atoms with van der Waals surface area (Å²) in [6.07, 6.45) is 1.38. The highest BCUT2D eigenvalue weighted by Crippen LogP contribution is 2.36. The van der Waals surface area contributed by atoms with E-state index in [0.29, 0.717) is 41.8 Å². The molecule has 0 bridgehead atoms. The van der Waals surface area contributed by atoms with Crippen LogP contribution in [0.5, 0.6) is 0 Å². The van der Waals surface area contributed by atoms with Gasteiger partial charge in [0.05, 0.1) is 23.9 Å². The largest absolute Gasteiger partial charge is 0.513 e. The molecule has 4 aromatic carbocycles. The fraction of sp³-hybridized carbons (Fsp3) is 0.176. The highest BCUT2D eigenvalue weighted by molar-refractivity contribution is 6.07. The second kappa shape index (κ2) is 13.1. The zero-order valence-corrected chi connectivity index (χ0v) is 23.6. The lowest BCUT2D eigenvalue weighted by molar-refractivity contribution is 0.0958. The summed E-state index contributed by atoms with van der Waals surface area (Å²) >= 11 is 0. The minimum Gasteiger partial charge on any atom is -0.513 e. The molecule has 5 rings (SSSR count). The summed E-state index contributed by atoms with van der Waals surface area (Å²) in [5.41, 5.74) is 16.1. The number of aryl methyl sites for hydroxylation is 1. The Kier molecular flexibility index (Phi) is 8.93. The van der Waals surface area contributed by atoms with Crippen LogP contribution in [-0.2, 0) is 12.8 Å². The molecule has 0 saturated carbocycles. The molecule has 4 aromatic rings. The minimum atomic E-state index is -0.969. The molecule has 1 fully saturated rings. The number of hydrogen-bond acceptors (Lipinski definition) is 6. The minimum absolute atomic E-state index is 0.0922. The molecule has 43 heavy (non-hydrogen) atoms. The van der Waals surface area contributed by atoms with E-state index < -0.39 is 18.2 Å². The number of hydrogen-bond donors (Lipinski definition) is 5. The molecule has 2 amide bonds. The number of aliphatic hydroxyl groups excluding tert-OH is 2. The van der Waals surface area contributed by atoms with Crippen LogP contribution >= 0.6 is 0 Å². The monoisotopic (exact) mass is 577 g/mol. The first-order valence-corrected chi connectivity index (χ1v) is 14.1. The molecular formula is C34H35N5O4. The van der Waals surface area contributed by atoms with E-state index >= 15 is 0 Å². The summed E-state index contributed by atoms with van der Waals surface area (Å²) < 4.78 is 0. The van der Waals surface area contributed by atoms with Gasteiger partial charge in [0.2, 0.25) is 0 Å². The normalized spacial score (nSPS) is 19.5. The second-order valence-electron chi connectivity index (χ2n) is 10.5. The number of benzene rings is 4. The molecular weight excluding hydrogens is 542 g/mol. The third kappa shape index (κ3) is 6.32. The van der Waals surface area contributed by atoms with Gasteiger partial charge in [-0.25, -0.2) is 4.79 Å². The van der Waals surface area contributed by atoms with Gasteiger partial charge in [-0.15, -0.1) is 0 Å². The molecule has 0 unspecified atom stereocenters. The van der Waals surface area contributed by atoms with Crippen molar-refractivity contribution in [1.82, 2.24) is 0 Å². The Bertz CT molecular complexity index is 1610. The van der Waals surface area contributed by atoms with Gasteiger partial charge in [0.25, 0.3) is 0 Å². The first-order valence-electron chi connectivity index (χ1n) is 14.1. The number of urea groups is 1. The number of amides is 2. The number of aliphatic hydroxyl groups is 2. The highest BCUT2D eigenvalue weighted by Gasteiger charge is 2.47. The predicted octanol–water partition coefficient (Wildman–Crippen LogP) is 5.02. The lowest BCUT2D eigenvalue weighted by atomic mass is 9.87. The van der Waals surface area contributed by atoms with Crippen LogP contribution < -0.4 is 21.3 Å². The smallest absolute Gasteiger partial charge is 0.329 e. The lowest BCUT2D eigenvalue weighted by Gasteiger charge is -2.49. The van der Waals surface area contributed by atoms with Crippen molar-refractivity contribution in [3.63, 3.8) is 0 Å². The van der Waals surface area contributed by atoms with Crippen LogP contribution in [0.3, 0.4) is 0 Å². The molecule has 0 aromatic heterocycles. The second-order valence-corrected chi connectivity index (χ2v) is 10.5. The van der Waals surface area contributed by atoms with E-state index in [2.05, 4.69) is 5.16 Å². The Morgan fingerprint density at radius 2 is 1.33 bits per heavy atom. The van der Waals surface area contributed by atoms with Gasteiger partial charge >= 0.3 is 6.03 Å². The molecule has 220 valence electrons. The van der Waals surface area contributed by atoms with Crippen molar-refractivity contribution in [3.8, 4) is 0 Å². The van der Waals surface area contributed by atoms with Gasteiger partial charge in [-0.05, 0) is 54.7 Å². The van der Waals surface area contributed by atoms with Crippen molar-refractivity contribution in [2.45, 2.75) is 37.5 Å². The van der Waals surface area contributed by atoms with Crippen molar-refractivity contribution in [3.05, 3.63) is 138 Å². The molecule has 1 aliphatic rings. The summed E-state index contributed by atoms with van der Waals surface area (Å²) in [5, 5.41) is 34.2. The van der Waals surface area contributed by atoms with Crippen molar-refractivity contribution >= 4 is 28.9 Å². The van der Waals surface area contributed by atoms with Crippen LogP contribution in [0.25, 0.3) is 5.70 Å². The molecule has 9 heteroatoms. The Balaban J connectivity index is 1.64. The number of nitrogens with two attached hydrogens (primary N) is 2. The fourth-order valence-electron chi connectivity index (χ4n) is 5.67. The molecule has 1 aliphatic heterocycles. The number of nitrogens with zero attached hydrogens (tertiary/aromatic N) is 3. The van der Waals surface area contributed by atoms with Gasteiger partial charge in [0.15, 0.2) is 5.84 Å². The Morgan fingerprint density at radius 3 is 1.93 bits per heavy atom. The van der Waals surface area contributed by atoms with Gasteiger partial charge in [-0.1, -0.05) is 90.1 Å². The topological polar surface area (TPSA) is 149 Å². The number of carbonyl (C=O) groups excluding carboxylic acids is 1. The number of anilines is 2. The average molecular weight is 578 g/mol. The summed E-state index contributed by atoms with van der Waals surface area (Å²) in [6, 6.07) is 32.0. The van der Waals surface area contributed by atoms with Crippen molar-refractivity contribution in [2.24, 2.45) is 16.6 Å². The molecule has 0 aliphatic carbocycles. The first kappa shape index (κ1) is 29.2. The van der Waals surface area contributed by atoms with Gasteiger partial charge in [-0.2, -0.15) is 0 Å². The van der Waals surface area contributed by atoms with Crippen LogP contribution in [-0.4, -0.2) is 45.5 Å². The van der Waals surface area contributed by atoms with E-state index in [-0.39, 0.29) is 17.6 Å². The third-order valence-electron chi connectivity index (χ3n) is 7.85. The van der Waals surface area contributed by atoms with Crippen LogP contribution in [0.2, 0.25) is 0 Å². The average Bonchev–Trinajstić information content (AvgIpc) is 3.05. The molecule has 0 radical (unpaired) electrons. The van der Waals surface area contributed by atoms with Gasteiger partial charge in [0, 0.05) is 22.5 Å². The number of rotatable bonds is 9. The molecule has 7 N–H and O–H groups in total. The number of carbonyl (C=O) groups is 1. The van der Waals surface area contributed by atoms with Crippen LogP contribution in [0.4, 0.5) is 16.2 Å². The standard InChI is InChI=1S/C34H35N5O4/c35-29(22-40)25-13-7-15-27(20-25)39-31(19-24-11-5-2-6-12-24)32(41)30(18-17-23-9-3-1-4-10-23)38(34(39)42)28-16-8-14-26(21-28)33(36)37-43/h1-16,20-22,30-32,40-41,43H,17-19,35H2,(H2,36,37)/b29-22+/t30-,31-,32-/m0/s1. The summed E-state index contributed by atoms with van der Waals surface area (Å²) in [7, 11) is 0. The molecule has 1 heterocycles. The SMILES string of the molecule is NC(=NO)c1cccc(N2C(=O)N(c3cccc(/C(N)=C\O)c3)[C@@H](Cc3ccccc3)[C@@H](O)[C@@H]2CCc2ccccc2)c1. The van der Waals surface area contributed by atoms with Crippen molar-refractivity contribution in [1.29, 1.82) is 0 Å². The van der Waals surface area contributed by atoms with Crippen molar-refractivity contribution in [2.75, 3.05) is 9.80 Å². The maximum absolute atomic E-state index is 14.7. The zero-order chi connectivity index (χ0) is 30.3. The quantitative estimate of drug-likeness (QED) is 0.0620. The maximum atomic E-state index is 14.7. The zero-order valence-electron chi connectivity index (χ0n) is 23.6. The molecule has 1 saturated heterocycles. The predicted molar refractivity (Wildman–Crippen MR) is 169 cm³/mol. The third-order valence-corrected chi connectivity index (χ3v) is 7.85. The molecule has 3 atom stereocenters. The van der Waals surface area contributed by atoms with Gasteiger partial charge < -0.3 is 26.9 Å². The van der Waals surface area contributed by atoms with Gasteiger partial charge in [-0.3, -0.25) is 9.80 Å². The Labute approximate surface area is 250 Å². The van der Waals surface area contributed by atoms with E-state index in [4.69, 9.17) is 11.5 Å². The number of amidine groups is 1. The number of oxime groups is 1. The van der Waals surface area contributed by atoms with Gasteiger partial charge in [0.1, 0.15) is 6.26 Å². The van der Waals surface area contributed by atoms with Crippen LogP contribution in [0.1, 0.15) is 28.7 Å². The summed E-state index contributed by atoms with van der Waals surface area (Å²) in [5.74, 6) is -0.0922. The first-order chi connectivity index (χ1) is 20.9. The van der Waals surface area contributed by atoms with Crippen molar-refractivity contribution < 1.29 is 20.2 Å². The van der Waals surface area contributed by atoms with E-state index in [1.807, 2.05) is 60.7 Å². The Hall–Kier alpha value is -5.28. The van der Waals surface area contributed by atoms with E-state index in [1.54, 1.807) is 58.3 Å². The van der Waals surface area contributed by atoms with Crippen LogP contribution in [0, 0.1) is 0 Å². The van der Waals surface area contributed by atoms with E-state index in [0.717, 1.165) is 17.4 Å². The lowest BCUT2D eigenvalue weighted by Crippen LogP contribution is -2.67. The molecule has 9 nitrogen and oxygen atoms in total. The summed E-state index contributed by atoms with van der Waals surface area (Å²) in [4.78, 5) is 17.9. The van der Waals surface area contributed by atoms with E-state index in [9.17, 15) is 20.2 Å². The fourth-order valence-corrected chi connectivity index (χ4v) is 5.67.